The minimum Gasteiger partial charge on any atom is -0.266 e. The molecule has 0 unspecified atom stereocenters. The van der Waals surface area contributed by atoms with E-state index in [1.54, 1.807) is 30.3 Å². The number of unbranched alkanes of at least 4 members (excludes halogenated alkanes) is 5. The number of hydrogen-bond acceptors (Lipinski definition) is 3. The highest BCUT2D eigenvalue weighted by molar-refractivity contribution is 7.86. The predicted octanol–water partition coefficient (Wildman–Crippen LogP) is 3.75. The maximum absolute atomic E-state index is 11.7. The van der Waals surface area contributed by atoms with Crippen molar-refractivity contribution in [3.8, 4) is 0 Å². The van der Waals surface area contributed by atoms with Gasteiger partial charge in [-0.3, -0.25) is 4.18 Å². The summed E-state index contributed by atoms with van der Waals surface area (Å²) in [5, 5.41) is 0. The first-order valence-electron chi connectivity index (χ1n) is 6.61. The van der Waals surface area contributed by atoms with E-state index in [2.05, 4.69) is 6.92 Å². The minimum atomic E-state index is -3.56. The summed E-state index contributed by atoms with van der Waals surface area (Å²) in [7, 11) is -3.56. The number of rotatable bonds is 9. The minimum absolute atomic E-state index is 0.232. The van der Waals surface area contributed by atoms with Crippen LogP contribution in [0.5, 0.6) is 0 Å². The number of hydrogen-bond donors (Lipinski definition) is 0. The highest BCUT2D eigenvalue weighted by Crippen LogP contribution is 2.12. The van der Waals surface area contributed by atoms with Gasteiger partial charge in [-0.05, 0) is 18.6 Å². The van der Waals surface area contributed by atoms with Crippen LogP contribution in [0.4, 0.5) is 0 Å². The Morgan fingerprint density at radius 2 is 1.56 bits per heavy atom. The highest BCUT2D eigenvalue weighted by Gasteiger charge is 2.13. The molecule has 0 fully saturated rings. The van der Waals surface area contributed by atoms with E-state index in [4.69, 9.17) is 4.18 Å². The van der Waals surface area contributed by atoms with Crippen molar-refractivity contribution in [1.82, 2.24) is 0 Å². The van der Waals surface area contributed by atoms with E-state index in [1.807, 2.05) is 0 Å². The van der Waals surface area contributed by atoms with Crippen LogP contribution >= 0.6 is 0 Å². The van der Waals surface area contributed by atoms with Crippen molar-refractivity contribution in [2.45, 2.75) is 50.3 Å². The number of benzene rings is 1. The summed E-state index contributed by atoms with van der Waals surface area (Å²) >= 11 is 0. The molecule has 3 nitrogen and oxygen atoms in total. The molecule has 4 heteroatoms. The van der Waals surface area contributed by atoms with Gasteiger partial charge in [0.05, 0.1) is 11.5 Å². The first-order valence-corrected chi connectivity index (χ1v) is 8.02. The zero-order valence-corrected chi connectivity index (χ0v) is 11.8. The summed E-state index contributed by atoms with van der Waals surface area (Å²) < 4.78 is 28.5. The van der Waals surface area contributed by atoms with E-state index < -0.39 is 10.1 Å². The van der Waals surface area contributed by atoms with E-state index in [9.17, 15) is 8.42 Å². The fourth-order valence-corrected chi connectivity index (χ4v) is 2.67. The molecule has 0 atom stereocenters. The van der Waals surface area contributed by atoms with Crippen molar-refractivity contribution in [2.24, 2.45) is 0 Å². The molecule has 0 aliphatic heterocycles. The molecule has 102 valence electrons. The Morgan fingerprint density at radius 3 is 2.22 bits per heavy atom. The fraction of sp³-hybridized carbons (Fsp3) is 0.571. The van der Waals surface area contributed by atoms with Crippen LogP contribution in [-0.4, -0.2) is 15.0 Å². The van der Waals surface area contributed by atoms with Gasteiger partial charge < -0.3 is 0 Å². The van der Waals surface area contributed by atoms with Crippen molar-refractivity contribution in [2.75, 3.05) is 6.61 Å². The molecule has 1 aromatic rings. The monoisotopic (exact) mass is 270 g/mol. The summed E-state index contributed by atoms with van der Waals surface area (Å²) in [6.07, 6.45) is 6.69. The lowest BCUT2D eigenvalue weighted by atomic mass is 10.1. The zero-order chi connectivity index (χ0) is 13.3. The van der Waals surface area contributed by atoms with Crippen LogP contribution in [0.25, 0.3) is 0 Å². The smallest absolute Gasteiger partial charge is 0.266 e. The Balaban J connectivity index is 2.23. The molecule has 0 heterocycles. The average molecular weight is 270 g/mol. The Labute approximate surface area is 110 Å². The highest BCUT2D eigenvalue weighted by atomic mass is 32.2. The standard InChI is InChI=1S/C14H22O3S/c1-2-3-4-5-6-10-13-17-18(15,16)14-11-8-7-9-12-14/h7-9,11-12H,2-6,10,13H2,1H3. The molecule has 0 aromatic heterocycles. The maximum Gasteiger partial charge on any atom is 0.296 e. The Morgan fingerprint density at radius 1 is 0.944 bits per heavy atom. The molecule has 18 heavy (non-hydrogen) atoms. The topological polar surface area (TPSA) is 43.4 Å². The summed E-state index contributed by atoms with van der Waals surface area (Å²) in [6, 6.07) is 8.28. The molecule has 0 aliphatic carbocycles. The summed E-state index contributed by atoms with van der Waals surface area (Å²) in [5.41, 5.74) is 0. The van der Waals surface area contributed by atoms with Crippen LogP contribution in [0.2, 0.25) is 0 Å². The zero-order valence-electron chi connectivity index (χ0n) is 11.0. The van der Waals surface area contributed by atoms with Gasteiger partial charge in [-0.25, -0.2) is 0 Å². The van der Waals surface area contributed by atoms with E-state index in [0.29, 0.717) is 0 Å². The summed E-state index contributed by atoms with van der Waals surface area (Å²) in [4.78, 5) is 0.232. The molecular formula is C14H22O3S. The van der Waals surface area contributed by atoms with Crippen LogP contribution in [0.15, 0.2) is 35.2 Å². The van der Waals surface area contributed by atoms with Gasteiger partial charge in [0, 0.05) is 0 Å². The molecule has 0 spiro atoms. The van der Waals surface area contributed by atoms with Crippen LogP contribution < -0.4 is 0 Å². The second-order valence-corrected chi connectivity index (χ2v) is 5.97. The first kappa shape index (κ1) is 15.2. The predicted molar refractivity (Wildman–Crippen MR) is 73.0 cm³/mol. The van der Waals surface area contributed by atoms with Crippen molar-refractivity contribution < 1.29 is 12.6 Å². The average Bonchev–Trinajstić information content (AvgIpc) is 2.39. The van der Waals surface area contributed by atoms with Gasteiger partial charge in [0.25, 0.3) is 10.1 Å². The maximum atomic E-state index is 11.7. The summed E-state index contributed by atoms with van der Waals surface area (Å²) in [5.74, 6) is 0. The molecule has 1 aromatic carbocycles. The quantitative estimate of drug-likeness (QED) is 0.507. The lowest BCUT2D eigenvalue weighted by molar-refractivity contribution is 0.306. The van der Waals surface area contributed by atoms with Crippen molar-refractivity contribution in [1.29, 1.82) is 0 Å². The largest absolute Gasteiger partial charge is 0.296 e. The second-order valence-electron chi connectivity index (χ2n) is 4.36. The normalized spacial score (nSPS) is 11.6. The Bertz CT molecular complexity index is 412. The van der Waals surface area contributed by atoms with E-state index >= 15 is 0 Å². The third-order valence-electron chi connectivity index (χ3n) is 2.77. The van der Waals surface area contributed by atoms with Gasteiger partial charge in [-0.1, -0.05) is 57.2 Å². The third-order valence-corrected chi connectivity index (χ3v) is 4.09. The molecule has 0 aliphatic rings. The van der Waals surface area contributed by atoms with Crippen LogP contribution in [0, 0.1) is 0 Å². The van der Waals surface area contributed by atoms with Gasteiger partial charge in [0.15, 0.2) is 0 Å². The van der Waals surface area contributed by atoms with E-state index in [-0.39, 0.29) is 11.5 Å². The van der Waals surface area contributed by atoms with Gasteiger partial charge in [0.2, 0.25) is 0 Å². The van der Waals surface area contributed by atoms with Gasteiger partial charge >= 0.3 is 0 Å². The van der Waals surface area contributed by atoms with Crippen LogP contribution in [-0.2, 0) is 14.3 Å². The van der Waals surface area contributed by atoms with Gasteiger partial charge in [-0.15, -0.1) is 0 Å². The van der Waals surface area contributed by atoms with Crippen molar-refractivity contribution in [3.05, 3.63) is 30.3 Å². The van der Waals surface area contributed by atoms with Crippen LogP contribution in [0.1, 0.15) is 45.4 Å². The Kier molecular flexibility index (Phi) is 6.98. The SMILES string of the molecule is CCCCCCCCOS(=O)(=O)c1ccccc1. The molecule has 0 amide bonds. The third kappa shape index (κ3) is 5.65. The fourth-order valence-electron chi connectivity index (χ4n) is 1.71. The Hall–Kier alpha value is -0.870. The molecule has 1 rings (SSSR count). The molecule has 0 N–H and O–H groups in total. The molecular weight excluding hydrogens is 248 g/mol. The van der Waals surface area contributed by atoms with Crippen molar-refractivity contribution in [3.63, 3.8) is 0 Å². The van der Waals surface area contributed by atoms with Crippen LogP contribution in [0.3, 0.4) is 0 Å². The molecule has 0 radical (unpaired) electrons. The van der Waals surface area contributed by atoms with E-state index in [1.165, 1.54) is 19.3 Å². The van der Waals surface area contributed by atoms with Gasteiger partial charge in [0.1, 0.15) is 0 Å². The van der Waals surface area contributed by atoms with E-state index in [0.717, 1.165) is 19.3 Å². The lowest BCUT2D eigenvalue weighted by Crippen LogP contribution is -2.07. The molecule has 0 saturated carbocycles. The molecule has 0 saturated heterocycles. The lowest BCUT2D eigenvalue weighted by Gasteiger charge is -2.05. The first-order chi connectivity index (χ1) is 8.67. The van der Waals surface area contributed by atoms with Crippen molar-refractivity contribution >= 4 is 10.1 Å². The van der Waals surface area contributed by atoms with Gasteiger partial charge in [-0.2, -0.15) is 8.42 Å². The second kappa shape index (κ2) is 8.27. The molecule has 0 bridgehead atoms. The summed E-state index contributed by atoms with van der Waals surface area (Å²) in [6.45, 7) is 2.46.